The molecule has 0 radical (unpaired) electrons. The second-order valence-corrected chi connectivity index (χ2v) is 5.77. The second-order valence-electron chi connectivity index (χ2n) is 5.77. The van der Waals surface area contributed by atoms with E-state index in [0.717, 1.165) is 38.3 Å². The molecule has 1 aliphatic heterocycles. The van der Waals surface area contributed by atoms with Crippen LogP contribution in [0.25, 0.3) is 0 Å². The number of hydrogen-bond acceptors (Lipinski definition) is 3. The first kappa shape index (κ1) is 12.8. The zero-order valence-corrected chi connectivity index (χ0v) is 11.1. The molecule has 98 valence electrons. The van der Waals surface area contributed by atoms with E-state index < -0.39 is 0 Å². The van der Waals surface area contributed by atoms with Crippen LogP contribution in [0.3, 0.4) is 0 Å². The maximum atomic E-state index is 12.0. The molecule has 17 heavy (non-hydrogen) atoms. The zero-order chi connectivity index (χ0) is 12.3. The van der Waals surface area contributed by atoms with Crippen molar-refractivity contribution in [2.24, 2.45) is 11.3 Å². The summed E-state index contributed by atoms with van der Waals surface area (Å²) in [7, 11) is 4.09. The van der Waals surface area contributed by atoms with Crippen LogP contribution in [-0.2, 0) is 4.79 Å². The number of hydrogen-bond donors (Lipinski definition) is 2. The lowest BCUT2D eigenvalue weighted by Crippen LogP contribution is -2.38. The number of amides is 1. The molecule has 2 fully saturated rings. The molecule has 1 atom stereocenters. The van der Waals surface area contributed by atoms with Crippen molar-refractivity contribution in [3.05, 3.63) is 0 Å². The number of likely N-dealkylation sites (tertiary alicyclic amines) is 1. The van der Waals surface area contributed by atoms with E-state index in [1.54, 1.807) is 0 Å². The van der Waals surface area contributed by atoms with Crippen LogP contribution in [0.1, 0.15) is 25.7 Å². The van der Waals surface area contributed by atoms with Crippen LogP contribution in [0.4, 0.5) is 0 Å². The summed E-state index contributed by atoms with van der Waals surface area (Å²) in [6.45, 7) is 4.08. The van der Waals surface area contributed by atoms with Gasteiger partial charge in [0.1, 0.15) is 0 Å². The van der Waals surface area contributed by atoms with Gasteiger partial charge in [-0.05, 0) is 52.2 Å². The van der Waals surface area contributed by atoms with Gasteiger partial charge in [-0.1, -0.05) is 0 Å². The van der Waals surface area contributed by atoms with Gasteiger partial charge in [-0.2, -0.15) is 0 Å². The Hall–Kier alpha value is -0.610. The van der Waals surface area contributed by atoms with E-state index in [0.29, 0.717) is 0 Å². The van der Waals surface area contributed by atoms with E-state index in [1.807, 2.05) is 7.05 Å². The second kappa shape index (κ2) is 5.36. The van der Waals surface area contributed by atoms with Gasteiger partial charge in [-0.25, -0.2) is 0 Å². The highest BCUT2D eigenvalue weighted by molar-refractivity contribution is 5.85. The van der Waals surface area contributed by atoms with Gasteiger partial charge < -0.3 is 15.5 Å². The molecular formula is C13H25N3O. The summed E-state index contributed by atoms with van der Waals surface area (Å²) in [5.74, 6) is 1.04. The summed E-state index contributed by atoms with van der Waals surface area (Å²) in [5.41, 5.74) is -0.0682. The standard InChI is InChI=1S/C13H25N3O/c1-14-10-13(5-6-13)12(17)15-7-3-11-4-8-16(2)9-11/h11,14H,3-10H2,1-2H3,(H,15,17). The first-order chi connectivity index (χ1) is 8.16. The summed E-state index contributed by atoms with van der Waals surface area (Å²) in [6, 6.07) is 0. The Bertz CT molecular complexity index is 276. The van der Waals surface area contributed by atoms with Crippen LogP contribution in [0.5, 0.6) is 0 Å². The van der Waals surface area contributed by atoms with Crippen molar-refractivity contribution in [2.45, 2.75) is 25.7 Å². The van der Waals surface area contributed by atoms with Gasteiger partial charge in [0.25, 0.3) is 0 Å². The van der Waals surface area contributed by atoms with Crippen LogP contribution in [0.15, 0.2) is 0 Å². The molecule has 0 aromatic heterocycles. The Kier molecular flexibility index (Phi) is 4.05. The molecular weight excluding hydrogens is 214 g/mol. The molecule has 1 aliphatic carbocycles. The Morgan fingerprint density at radius 2 is 2.24 bits per heavy atom. The molecule has 1 saturated heterocycles. The number of carbonyl (C=O) groups excluding carboxylic acids is 1. The molecule has 4 nitrogen and oxygen atoms in total. The summed E-state index contributed by atoms with van der Waals surface area (Å²) in [5, 5.41) is 6.24. The van der Waals surface area contributed by atoms with Gasteiger partial charge >= 0.3 is 0 Å². The average molecular weight is 239 g/mol. The third-order valence-electron chi connectivity index (χ3n) is 4.18. The first-order valence-electron chi connectivity index (χ1n) is 6.78. The number of nitrogens with one attached hydrogen (secondary N) is 2. The summed E-state index contributed by atoms with van der Waals surface area (Å²) >= 11 is 0. The number of rotatable bonds is 6. The SMILES string of the molecule is CNCC1(C(=O)NCCC2CCN(C)C2)CC1. The minimum absolute atomic E-state index is 0.0682. The van der Waals surface area contributed by atoms with Gasteiger partial charge in [0, 0.05) is 19.6 Å². The molecule has 0 spiro atoms. The van der Waals surface area contributed by atoms with Crippen LogP contribution < -0.4 is 10.6 Å². The summed E-state index contributed by atoms with van der Waals surface area (Å²) in [4.78, 5) is 14.4. The van der Waals surface area contributed by atoms with Crippen LogP contribution >= 0.6 is 0 Å². The Morgan fingerprint density at radius 3 is 2.76 bits per heavy atom. The maximum absolute atomic E-state index is 12.0. The van der Waals surface area contributed by atoms with Gasteiger partial charge in [0.05, 0.1) is 5.41 Å². The van der Waals surface area contributed by atoms with Gasteiger partial charge in [-0.3, -0.25) is 4.79 Å². The fourth-order valence-electron chi connectivity index (χ4n) is 2.81. The molecule has 2 rings (SSSR count). The molecule has 0 bridgehead atoms. The molecule has 2 N–H and O–H groups in total. The van der Waals surface area contributed by atoms with Gasteiger partial charge in [0.2, 0.25) is 5.91 Å². The Morgan fingerprint density at radius 1 is 1.47 bits per heavy atom. The molecule has 1 amide bonds. The van der Waals surface area contributed by atoms with Crippen molar-refractivity contribution in [2.75, 3.05) is 40.3 Å². The highest BCUT2D eigenvalue weighted by atomic mass is 16.2. The fourth-order valence-corrected chi connectivity index (χ4v) is 2.81. The third kappa shape index (κ3) is 3.19. The smallest absolute Gasteiger partial charge is 0.227 e. The van der Waals surface area contributed by atoms with E-state index >= 15 is 0 Å². The Balaban J connectivity index is 1.63. The van der Waals surface area contributed by atoms with Crippen molar-refractivity contribution in [1.29, 1.82) is 0 Å². The van der Waals surface area contributed by atoms with Crippen molar-refractivity contribution in [1.82, 2.24) is 15.5 Å². The molecule has 1 unspecified atom stereocenters. The van der Waals surface area contributed by atoms with Crippen molar-refractivity contribution >= 4 is 5.91 Å². The Labute approximate surface area is 104 Å². The lowest BCUT2D eigenvalue weighted by Gasteiger charge is -2.16. The number of nitrogens with zero attached hydrogens (tertiary/aromatic N) is 1. The predicted molar refractivity (Wildman–Crippen MR) is 68.8 cm³/mol. The van der Waals surface area contributed by atoms with E-state index in [2.05, 4.69) is 22.6 Å². The van der Waals surface area contributed by atoms with Crippen LogP contribution in [-0.4, -0.2) is 51.1 Å². The first-order valence-corrected chi connectivity index (χ1v) is 6.78. The molecule has 1 saturated carbocycles. The lowest BCUT2D eigenvalue weighted by molar-refractivity contribution is -0.126. The van der Waals surface area contributed by atoms with Crippen LogP contribution in [0.2, 0.25) is 0 Å². The maximum Gasteiger partial charge on any atom is 0.227 e. The highest BCUT2D eigenvalue weighted by Crippen LogP contribution is 2.45. The van der Waals surface area contributed by atoms with Crippen LogP contribution in [0, 0.1) is 11.3 Å². The minimum atomic E-state index is -0.0682. The fraction of sp³-hybridized carbons (Fsp3) is 0.923. The van der Waals surface area contributed by atoms with Gasteiger partial charge in [0.15, 0.2) is 0 Å². The minimum Gasteiger partial charge on any atom is -0.356 e. The lowest BCUT2D eigenvalue weighted by atomic mass is 10.0. The van der Waals surface area contributed by atoms with E-state index in [4.69, 9.17) is 0 Å². The topological polar surface area (TPSA) is 44.4 Å². The van der Waals surface area contributed by atoms with E-state index in [9.17, 15) is 4.79 Å². The number of carbonyl (C=O) groups is 1. The molecule has 4 heteroatoms. The largest absolute Gasteiger partial charge is 0.356 e. The third-order valence-corrected chi connectivity index (χ3v) is 4.18. The molecule has 0 aromatic rings. The molecule has 1 heterocycles. The quantitative estimate of drug-likeness (QED) is 0.707. The van der Waals surface area contributed by atoms with Crippen molar-refractivity contribution in [3.63, 3.8) is 0 Å². The molecule has 0 aromatic carbocycles. The van der Waals surface area contributed by atoms with E-state index in [1.165, 1.54) is 19.5 Å². The van der Waals surface area contributed by atoms with Crippen molar-refractivity contribution in [3.8, 4) is 0 Å². The highest BCUT2D eigenvalue weighted by Gasteiger charge is 2.48. The average Bonchev–Trinajstić information content (AvgIpc) is 2.97. The summed E-state index contributed by atoms with van der Waals surface area (Å²) < 4.78 is 0. The predicted octanol–water partition coefficient (Wildman–Crippen LogP) is 0.444. The monoisotopic (exact) mass is 239 g/mol. The van der Waals surface area contributed by atoms with Gasteiger partial charge in [-0.15, -0.1) is 0 Å². The summed E-state index contributed by atoms with van der Waals surface area (Å²) in [6.07, 6.45) is 4.51. The zero-order valence-electron chi connectivity index (χ0n) is 11.1. The van der Waals surface area contributed by atoms with E-state index in [-0.39, 0.29) is 11.3 Å². The molecule has 2 aliphatic rings. The van der Waals surface area contributed by atoms with Crippen molar-refractivity contribution < 1.29 is 4.79 Å². The normalized spacial score (nSPS) is 27.1.